The Morgan fingerprint density at radius 1 is 1.00 bits per heavy atom. The molecule has 1 aliphatic rings. The molecule has 0 bridgehead atoms. The van der Waals surface area contributed by atoms with E-state index >= 15 is 0 Å². The summed E-state index contributed by atoms with van der Waals surface area (Å²) >= 11 is 5.55. The summed E-state index contributed by atoms with van der Waals surface area (Å²) in [5, 5.41) is 4.50. The quantitative estimate of drug-likeness (QED) is 0.137. The molecule has 1 N–H and O–H groups in total. The van der Waals surface area contributed by atoms with E-state index in [1.165, 1.54) is 13.2 Å². The molecular formula is C30H22BrIN2O5. The van der Waals surface area contributed by atoms with Crippen molar-refractivity contribution in [3.05, 3.63) is 103 Å². The molecule has 0 aromatic heterocycles. The lowest BCUT2D eigenvalue weighted by Gasteiger charge is -2.26. The van der Waals surface area contributed by atoms with Gasteiger partial charge in [-0.05, 0) is 93.4 Å². The van der Waals surface area contributed by atoms with E-state index in [1.54, 1.807) is 30.3 Å². The van der Waals surface area contributed by atoms with Gasteiger partial charge in [0.25, 0.3) is 11.8 Å². The minimum atomic E-state index is -0.798. The van der Waals surface area contributed by atoms with Crippen LogP contribution in [0.3, 0.4) is 0 Å². The van der Waals surface area contributed by atoms with Crippen LogP contribution in [0.1, 0.15) is 16.7 Å². The van der Waals surface area contributed by atoms with Crippen LogP contribution < -0.4 is 19.7 Å². The Hall–Kier alpha value is -3.70. The highest BCUT2D eigenvalue weighted by molar-refractivity contribution is 14.1. The number of amides is 4. The van der Waals surface area contributed by atoms with Crippen LogP contribution >= 0.6 is 38.5 Å². The summed E-state index contributed by atoms with van der Waals surface area (Å²) in [6, 6.07) is 21.9. The summed E-state index contributed by atoms with van der Waals surface area (Å²) < 4.78 is 13.4. The van der Waals surface area contributed by atoms with Gasteiger partial charge in [-0.2, -0.15) is 0 Å². The molecule has 4 aromatic carbocycles. The van der Waals surface area contributed by atoms with Gasteiger partial charge < -0.3 is 9.47 Å². The number of urea groups is 1. The van der Waals surface area contributed by atoms with Gasteiger partial charge in [-0.25, -0.2) is 9.69 Å². The van der Waals surface area contributed by atoms with Crippen molar-refractivity contribution in [2.75, 3.05) is 12.0 Å². The number of rotatable bonds is 6. The molecule has 4 amide bonds. The number of anilines is 1. The van der Waals surface area contributed by atoms with Crippen LogP contribution in [0, 0.1) is 10.5 Å². The van der Waals surface area contributed by atoms with Crippen LogP contribution in [0.2, 0.25) is 0 Å². The summed E-state index contributed by atoms with van der Waals surface area (Å²) in [5.41, 5.74) is 2.62. The highest BCUT2D eigenvalue weighted by atomic mass is 127. The molecule has 9 heteroatoms. The molecule has 1 fully saturated rings. The Labute approximate surface area is 247 Å². The number of aryl methyl sites for hydroxylation is 1. The van der Waals surface area contributed by atoms with Crippen LogP contribution in [0.25, 0.3) is 16.8 Å². The molecule has 0 spiro atoms. The SMILES string of the molecule is COc1cc(/C=C2\C(=O)NC(=O)N(c3ccc(Br)c(C)c3)C2=O)cc(I)c1OCc1cccc2ccccc12. The maximum absolute atomic E-state index is 13.3. The summed E-state index contributed by atoms with van der Waals surface area (Å²) in [4.78, 5) is 39.5. The lowest BCUT2D eigenvalue weighted by Crippen LogP contribution is -2.54. The molecule has 0 aliphatic carbocycles. The Morgan fingerprint density at radius 2 is 1.77 bits per heavy atom. The van der Waals surface area contributed by atoms with Crippen molar-refractivity contribution in [3.8, 4) is 11.5 Å². The van der Waals surface area contributed by atoms with Gasteiger partial charge in [0.15, 0.2) is 11.5 Å². The van der Waals surface area contributed by atoms with Crippen LogP contribution in [0.4, 0.5) is 10.5 Å². The van der Waals surface area contributed by atoms with Gasteiger partial charge in [0.2, 0.25) is 0 Å². The fourth-order valence-corrected chi connectivity index (χ4v) is 5.39. The molecule has 196 valence electrons. The number of barbiturate groups is 1. The van der Waals surface area contributed by atoms with Crippen molar-refractivity contribution in [3.63, 3.8) is 0 Å². The topological polar surface area (TPSA) is 84.9 Å². The molecule has 1 saturated heterocycles. The van der Waals surface area contributed by atoms with E-state index in [-0.39, 0.29) is 5.57 Å². The van der Waals surface area contributed by atoms with E-state index in [0.717, 1.165) is 34.8 Å². The van der Waals surface area contributed by atoms with Crippen molar-refractivity contribution in [1.82, 2.24) is 5.32 Å². The first-order valence-electron chi connectivity index (χ1n) is 11.9. The summed E-state index contributed by atoms with van der Waals surface area (Å²) in [7, 11) is 1.53. The lowest BCUT2D eigenvalue weighted by molar-refractivity contribution is -0.122. The molecule has 0 unspecified atom stereocenters. The second-order valence-electron chi connectivity index (χ2n) is 8.85. The molecule has 7 nitrogen and oxygen atoms in total. The monoisotopic (exact) mass is 696 g/mol. The first-order chi connectivity index (χ1) is 18.8. The number of benzene rings is 4. The molecule has 1 aliphatic heterocycles. The van der Waals surface area contributed by atoms with Gasteiger partial charge >= 0.3 is 6.03 Å². The fraction of sp³-hybridized carbons (Fsp3) is 0.100. The number of hydrogen-bond acceptors (Lipinski definition) is 5. The highest BCUT2D eigenvalue weighted by Gasteiger charge is 2.37. The third-order valence-corrected chi connectivity index (χ3v) is 8.01. The van der Waals surface area contributed by atoms with E-state index in [1.807, 2.05) is 31.2 Å². The number of hydrogen-bond donors (Lipinski definition) is 1. The smallest absolute Gasteiger partial charge is 0.335 e. The summed E-state index contributed by atoms with van der Waals surface area (Å²) in [6.45, 7) is 2.18. The van der Waals surface area contributed by atoms with E-state index in [0.29, 0.717) is 29.4 Å². The number of halogens is 2. The Morgan fingerprint density at radius 3 is 2.54 bits per heavy atom. The number of nitrogens with one attached hydrogen (secondary N) is 1. The third kappa shape index (κ3) is 5.41. The van der Waals surface area contributed by atoms with Crippen LogP contribution in [-0.2, 0) is 16.2 Å². The zero-order valence-electron chi connectivity index (χ0n) is 21.0. The minimum absolute atomic E-state index is 0.169. The largest absolute Gasteiger partial charge is 0.493 e. The minimum Gasteiger partial charge on any atom is -0.493 e. The fourth-order valence-electron chi connectivity index (χ4n) is 4.36. The Balaban J connectivity index is 1.45. The maximum Gasteiger partial charge on any atom is 0.335 e. The van der Waals surface area contributed by atoms with Gasteiger partial charge in [0, 0.05) is 4.47 Å². The van der Waals surface area contributed by atoms with Gasteiger partial charge in [-0.1, -0.05) is 58.4 Å². The highest BCUT2D eigenvalue weighted by Crippen LogP contribution is 2.36. The molecule has 39 heavy (non-hydrogen) atoms. The maximum atomic E-state index is 13.3. The standard InChI is InChI=1S/C30H22BrIN2O5/c1-17-12-21(10-11-24(17)31)34-29(36)23(28(35)33-30(34)37)13-18-14-25(32)27(26(15-18)38-2)39-16-20-8-5-7-19-6-3-4-9-22(19)20/h3-15H,16H2,1-2H3,(H,33,35,37)/b23-13+. The predicted molar refractivity (Wildman–Crippen MR) is 162 cm³/mol. The van der Waals surface area contributed by atoms with Crippen LogP contribution in [0.5, 0.6) is 11.5 Å². The molecule has 5 rings (SSSR count). The number of methoxy groups -OCH3 is 1. The van der Waals surface area contributed by atoms with Gasteiger partial charge in [0.05, 0.1) is 16.4 Å². The zero-order valence-corrected chi connectivity index (χ0v) is 24.7. The average Bonchev–Trinajstić information content (AvgIpc) is 2.92. The predicted octanol–water partition coefficient (Wildman–Crippen LogP) is 6.77. The number of carbonyl (C=O) groups is 3. The molecule has 1 heterocycles. The van der Waals surface area contributed by atoms with Crippen molar-refractivity contribution in [2.24, 2.45) is 0 Å². The number of nitrogens with zero attached hydrogens (tertiary/aromatic N) is 1. The van der Waals surface area contributed by atoms with Crippen molar-refractivity contribution >= 4 is 78.9 Å². The lowest BCUT2D eigenvalue weighted by atomic mass is 10.1. The number of carbonyl (C=O) groups excluding carboxylic acids is 3. The second-order valence-corrected chi connectivity index (χ2v) is 10.9. The van der Waals surface area contributed by atoms with E-state index < -0.39 is 17.8 Å². The molecular weight excluding hydrogens is 675 g/mol. The molecule has 0 radical (unpaired) electrons. The van der Waals surface area contributed by atoms with Gasteiger partial charge in [-0.15, -0.1) is 0 Å². The number of fused-ring (bicyclic) bond motifs is 1. The first-order valence-corrected chi connectivity index (χ1v) is 13.8. The molecule has 0 saturated carbocycles. The zero-order chi connectivity index (χ0) is 27.7. The first kappa shape index (κ1) is 26.9. The molecule has 0 atom stereocenters. The van der Waals surface area contributed by atoms with Crippen molar-refractivity contribution in [2.45, 2.75) is 13.5 Å². The number of imide groups is 2. The van der Waals surface area contributed by atoms with Crippen LogP contribution in [-0.4, -0.2) is 25.0 Å². The Bertz CT molecular complexity index is 1680. The van der Waals surface area contributed by atoms with Crippen LogP contribution in [0.15, 0.2) is 82.8 Å². The van der Waals surface area contributed by atoms with E-state index in [4.69, 9.17) is 9.47 Å². The van der Waals surface area contributed by atoms with Crippen molar-refractivity contribution < 1.29 is 23.9 Å². The summed E-state index contributed by atoms with van der Waals surface area (Å²) in [5.74, 6) is -0.472. The number of ether oxygens (including phenoxy) is 2. The second kappa shape index (κ2) is 11.2. The van der Waals surface area contributed by atoms with Crippen molar-refractivity contribution in [1.29, 1.82) is 0 Å². The Kier molecular flexibility index (Phi) is 7.72. The third-order valence-electron chi connectivity index (χ3n) is 6.32. The average molecular weight is 697 g/mol. The van der Waals surface area contributed by atoms with E-state index in [2.05, 4.69) is 62.0 Å². The normalized spacial score (nSPS) is 14.6. The van der Waals surface area contributed by atoms with E-state index in [9.17, 15) is 14.4 Å². The van der Waals surface area contributed by atoms with Gasteiger partial charge in [0.1, 0.15) is 12.2 Å². The molecule has 4 aromatic rings. The summed E-state index contributed by atoms with van der Waals surface area (Å²) in [6.07, 6.45) is 1.45. The van der Waals surface area contributed by atoms with Gasteiger partial charge in [-0.3, -0.25) is 14.9 Å².